The summed E-state index contributed by atoms with van der Waals surface area (Å²) in [4.78, 5) is 10.6. The van der Waals surface area contributed by atoms with Gasteiger partial charge < -0.3 is 4.57 Å². The van der Waals surface area contributed by atoms with Crippen molar-refractivity contribution >= 4 is 39.1 Å². The van der Waals surface area contributed by atoms with Crippen molar-refractivity contribution in [1.29, 1.82) is 0 Å². The highest BCUT2D eigenvalue weighted by Crippen LogP contribution is 2.31. The van der Waals surface area contributed by atoms with Crippen molar-refractivity contribution in [3.8, 4) is 0 Å². The molecule has 4 nitrogen and oxygen atoms in total. The van der Waals surface area contributed by atoms with Gasteiger partial charge in [-0.3, -0.25) is 10.1 Å². The van der Waals surface area contributed by atoms with Gasteiger partial charge in [0, 0.05) is 46.4 Å². The lowest BCUT2D eigenvalue weighted by Crippen LogP contribution is -1.98. The molecule has 3 rings (SSSR count). The van der Waals surface area contributed by atoms with Crippen LogP contribution in [-0.2, 0) is 6.54 Å². The summed E-state index contributed by atoms with van der Waals surface area (Å²) in [5.74, 6) is 0.598. The first-order chi connectivity index (χ1) is 9.72. The minimum absolute atomic E-state index is 0.123. The third-order valence-electron chi connectivity index (χ3n) is 3.48. The molecule has 0 aliphatic heterocycles. The molecule has 0 spiro atoms. The first kappa shape index (κ1) is 12.9. The van der Waals surface area contributed by atoms with E-state index in [4.69, 9.17) is 11.6 Å². The average Bonchev–Trinajstić information content (AvgIpc) is 2.78. The number of nitro benzene ring substituents is 1. The van der Waals surface area contributed by atoms with E-state index in [-0.39, 0.29) is 10.6 Å². The van der Waals surface area contributed by atoms with Crippen molar-refractivity contribution in [1.82, 2.24) is 4.57 Å². The van der Waals surface area contributed by atoms with E-state index in [0.29, 0.717) is 5.88 Å². The van der Waals surface area contributed by atoms with E-state index in [1.165, 1.54) is 0 Å². The van der Waals surface area contributed by atoms with Gasteiger partial charge in [0.25, 0.3) is 5.69 Å². The number of non-ortho nitro benzene ring substituents is 1. The minimum Gasteiger partial charge on any atom is -0.340 e. The Kier molecular flexibility index (Phi) is 3.32. The Hall–Kier alpha value is -2.07. The van der Waals surface area contributed by atoms with Crippen molar-refractivity contribution in [2.75, 3.05) is 5.88 Å². The fourth-order valence-electron chi connectivity index (χ4n) is 2.61. The van der Waals surface area contributed by atoms with Crippen LogP contribution in [0.25, 0.3) is 21.8 Å². The zero-order chi connectivity index (χ0) is 14.1. The zero-order valence-electron chi connectivity index (χ0n) is 10.8. The van der Waals surface area contributed by atoms with Crippen LogP contribution >= 0.6 is 11.6 Å². The standard InChI is InChI=1S/C15H13ClN2O2/c16-8-3-9-17-14-5-2-1-4-12(14)13-10-11(18(19)20)6-7-15(13)17/h1-2,4-7,10H,3,8-9H2. The van der Waals surface area contributed by atoms with Gasteiger partial charge in [-0.25, -0.2) is 0 Å². The maximum Gasteiger partial charge on any atom is 0.270 e. The van der Waals surface area contributed by atoms with Gasteiger partial charge in [0.05, 0.1) is 4.92 Å². The van der Waals surface area contributed by atoms with E-state index in [1.54, 1.807) is 12.1 Å². The molecule has 0 atom stereocenters. The van der Waals surface area contributed by atoms with Gasteiger partial charge in [0.15, 0.2) is 0 Å². The van der Waals surface area contributed by atoms with Gasteiger partial charge >= 0.3 is 0 Å². The van der Waals surface area contributed by atoms with Crippen molar-refractivity contribution in [2.45, 2.75) is 13.0 Å². The number of halogens is 1. The fraction of sp³-hybridized carbons (Fsp3) is 0.200. The molecule has 0 radical (unpaired) electrons. The number of para-hydroxylation sites is 1. The number of benzene rings is 2. The highest BCUT2D eigenvalue weighted by atomic mass is 35.5. The zero-order valence-corrected chi connectivity index (χ0v) is 11.5. The molecule has 0 aliphatic rings. The highest BCUT2D eigenvalue weighted by Gasteiger charge is 2.13. The fourth-order valence-corrected chi connectivity index (χ4v) is 2.73. The molecule has 5 heteroatoms. The molecule has 0 saturated carbocycles. The second-order valence-electron chi connectivity index (χ2n) is 4.67. The monoisotopic (exact) mass is 288 g/mol. The number of fused-ring (bicyclic) bond motifs is 3. The van der Waals surface area contributed by atoms with Crippen LogP contribution in [0.3, 0.4) is 0 Å². The molecule has 0 N–H and O–H groups in total. The van der Waals surface area contributed by atoms with Crippen LogP contribution < -0.4 is 0 Å². The van der Waals surface area contributed by atoms with Gasteiger partial charge in [0.1, 0.15) is 0 Å². The number of hydrogen-bond acceptors (Lipinski definition) is 2. The van der Waals surface area contributed by atoms with Crippen LogP contribution in [-0.4, -0.2) is 15.4 Å². The Labute approximate surface area is 120 Å². The minimum atomic E-state index is -0.357. The Bertz CT molecular complexity index is 795. The molecule has 0 unspecified atom stereocenters. The van der Waals surface area contributed by atoms with Gasteiger partial charge in [-0.15, -0.1) is 11.6 Å². The number of nitrogens with zero attached hydrogens (tertiary/aromatic N) is 2. The SMILES string of the molecule is O=[N+]([O-])c1ccc2c(c1)c1ccccc1n2CCCCl. The summed E-state index contributed by atoms with van der Waals surface area (Å²) in [6, 6.07) is 13.0. The maximum absolute atomic E-state index is 10.9. The van der Waals surface area contributed by atoms with Gasteiger partial charge in [0.2, 0.25) is 0 Å². The number of rotatable bonds is 4. The third-order valence-corrected chi connectivity index (χ3v) is 3.75. The van der Waals surface area contributed by atoms with Gasteiger partial charge in [-0.05, 0) is 18.6 Å². The van der Waals surface area contributed by atoms with Crippen molar-refractivity contribution in [3.63, 3.8) is 0 Å². The Morgan fingerprint density at radius 2 is 1.85 bits per heavy atom. The predicted octanol–water partition coefficient (Wildman–Crippen LogP) is 4.33. The molecule has 0 saturated heterocycles. The van der Waals surface area contributed by atoms with Crippen LogP contribution in [0, 0.1) is 10.1 Å². The van der Waals surface area contributed by atoms with Crippen molar-refractivity contribution in [2.24, 2.45) is 0 Å². The van der Waals surface area contributed by atoms with Crippen molar-refractivity contribution in [3.05, 3.63) is 52.6 Å². The van der Waals surface area contributed by atoms with Crippen molar-refractivity contribution < 1.29 is 4.92 Å². The van der Waals surface area contributed by atoms with E-state index in [0.717, 1.165) is 34.8 Å². The Morgan fingerprint density at radius 3 is 2.60 bits per heavy atom. The van der Waals surface area contributed by atoms with Crippen LogP contribution in [0.4, 0.5) is 5.69 Å². The van der Waals surface area contributed by atoms with E-state index < -0.39 is 0 Å². The molecule has 0 bridgehead atoms. The average molecular weight is 289 g/mol. The summed E-state index contributed by atoms with van der Waals surface area (Å²) in [7, 11) is 0. The predicted molar refractivity (Wildman–Crippen MR) is 81.4 cm³/mol. The largest absolute Gasteiger partial charge is 0.340 e. The molecule has 102 valence electrons. The summed E-state index contributed by atoms with van der Waals surface area (Å²) in [6.07, 6.45) is 0.867. The van der Waals surface area contributed by atoms with Gasteiger partial charge in [-0.1, -0.05) is 18.2 Å². The smallest absolute Gasteiger partial charge is 0.270 e. The normalized spacial score (nSPS) is 11.2. The molecule has 1 aromatic heterocycles. The lowest BCUT2D eigenvalue weighted by Gasteiger charge is -2.05. The van der Waals surface area contributed by atoms with E-state index in [1.807, 2.05) is 30.3 Å². The molecular weight excluding hydrogens is 276 g/mol. The molecule has 20 heavy (non-hydrogen) atoms. The first-order valence-electron chi connectivity index (χ1n) is 6.43. The number of aryl methyl sites for hydroxylation is 1. The summed E-state index contributed by atoms with van der Waals surface area (Å²) >= 11 is 5.78. The Balaban J connectivity index is 2.32. The van der Waals surface area contributed by atoms with Crippen LogP contribution in [0.2, 0.25) is 0 Å². The molecule has 0 amide bonds. The highest BCUT2D eigenvalue weighted by molar-refractivity contribution is 6.17. The third kappa shape index (κ3) is 2.02. The summed E-state index contributed by atoms with van der Waals surface area (Å²) in [6.45, 7) is 0.811. The molecule has 3 aromatic rings. The van der Waals surface area contributed by atoms with E-state index in [2.05, 4.69) is 4.57 Å². The molecule has 1 heterocycles. The second-order valence-corrected chi connectivity index (χ2v) is 5.05. The lowest BCUT2D eigenvalue weighted by molar-refractivity contribution is -0.384. The lowest BCUT2D eigenvalue weighted by atomic mass is 10.1. The van der Waals surface area contributed by atoms with Crippen LogP contribution in [0.1, 0.15) is 6.42 Å². The molecule has 2 aromatic carbocycles. The second kappa shape index (κ2) is 5.13. The van der Waals surface area contributed by atoms with Crippen LogP contribution in [0.15, 0.2) is 42.5 Å². The number of aromatic nitrogens is 1. The summed E-state index contributed by atoms with van der Waals surface area (Å²) in [5, 5.41) is 12.9. The number of nitro groups is 1. The molecule has 0 fully saturated rings. The summed E-state index contributed by atoms with van der Waals surface area (Å²) < 4.78 is 2.18. The van der Waals surface area contributed by atoms with Gasteiger partial charge in [-0.2, -0.15) is 0 Å². The molecular formula is C15H13ClN2O2. The number of hydrogen-bond donors (Lipinski definition) is 0. The summed E-state index contributed by atoms with van der Waals surface area (Å²) in [5.41, 5.74) is 2.23. The quantitative estimate of drug-likeness (QED) is 0.407. The van der Waals surface area contributed by atoms with E-state index in [9.17, 15) is 10.1 Å². The maximum atomic E-state index is 10.9. The molecule has 0 aliphatic carbocycles. The Morgan fingerprint density at radius 1 is 1.10 bits per heavy atom. The first-order valence-corrected chi connectivity index (χ1v) is 6.97. The topological polar surface area (TPSA) is 48.1 Å². The number of alkyl halides is 1. The van der Waals surface area contributed by atoms with E-state index >= 15 is 0 Å². The van der Waals surface area contributed by atoms with Crippen LogP contribution in [0.5, 0.6) is 0 Å².